The van der Waals surface area contributed by atoms with E-state index in [1.807, 2.05) is 12.1 Å². The van der Waals surface area contributed by atoms with Crippen LogP contribution in [0.5, 0.6) is 5.75 Å². The molecule has 1 aliphatic heterocycles. The molecule has 0 spiro atoms. The Morgan fingerprint density at radius 3 is 3.10 bits per heavy atom. The molecule has 1 unspecified atom stereocenters. The summed E-state index contributed by atoms with van der Waals surface area (Å²) >= 11 is 0. The number of rotatable bonds is 5. The van der Waals surface area contributed by atoms with Crippen molar-refractivity contribution in [1.29, 1.82) is 0 Å². The minimum Gasteiger partial charge on any atom is -0.494 e. The molecule has 4 nitrogen and oxygen atoms in total. The van der Waals surface area contributed by atoms with Crippen LogP contribution < -0.4 is 10.1 Å². The monoisotopic (exact) mass is 272 g/mol. The third-order valence-corrected chi connectivity index (χ3v) is 3.72. The van der Waals surface area contributed by atoms with E-state index in [1.54, 1.807) is 7.11 Å². The molecule has 4 heteroatoms. The van der Waals surface area contributed by atoms with Gasteiger partial charge in [-0.3, -0.25) is 0 Å². The van der Waals surface area contributed by atoms with Gasteiger partial charge < -0.3 is 14.8 Å². The molecule has 1 N–H and O–H groups in total. The maximum Gasteiger partial charge on any atom is 0.145 e. The van der Waals surface area contributed by atoms with Crippen molar-refractivity contribution in [2.24, 2.45) is 5.92 Å². The minimum absolute atomic E-state index is 0.644. The van der Waals surface area contributed by atoms with Crippen molar-refractivity contribution in [2.75, 3.05) is 26.9 Å². The standard InChI is InChI=1S/C16H20N2O2/c1-19-15-4-2-3-13-5-6-14(18-16(13)15)10-17-9-12-7-8-20-11-12/h2-6,12,17H,7-11H2,1H3. The average molecular weight is 272 g/mol. The van der Waals surface area contributed by atoms with Crippen molar-refractivity contribution < 1.29 is 9.47 Å². The molecule has 0 saturated carbocycles. The Labute approximate surface area is 119 Å². The van der Waals surface area contributed by atoms with E-state index in [1.165, 1.54) is 0 Å². The van der Waals surface area contributed by atoms with E-state index in [-0.39, 0.29) is 0 Å². The molecule has 0 amide bonds. The number of aromatic nitrogens is 1. The lowest BCUT2D eigenvalue weighted by molar-refractivity contribution is 0.185. The maximum atomic E-state index is 5.38. The lowest BCUT2D eigenvalue weighted by atomic mass is 10.1. The molecule has 2 heterocycles. The summed E-state index contributed by atoms with van der Waals surface area (Å²) in [5.41, 5.74) is 1.97. The van der Waals surface area contributed by atoms with E-state index < -0.39 is 0 Å². The van der Waals surface area contributed by atoms with Crippen molar-refractivity contribution in [3.05, 3.63) is 36.0 Å². The zero-order valence-electron chi connectivity index (χ0n) is 11.8. The fraction of sp³-hybridized carbons (Fsp3) is 0.438. The molecule has 1 atom stereocenters. The normalized spacial score (nSPS) is 18.6. The lowest BCUT2D eigenvalue weighted by Crippen LogP contribution is -2.23. The van der Waals surface area contributed by atoms with Crippen LogP contribution in [0.25, 0.3) is 10.9 Å². The molecule has 3 rings (SSSR count). The van der Waals surface area contributed by atoms with Crippen molar-refractivity contribution in [2.45, 2.75) is 13.0 Å². The number of hydrogen-bond acceptors (Lipinski definition) is 4. The van der Waals surface area contributed by atoms with Gasteiger partial charge in [-0.15, -0.1) is 0 Å². The van der Waals surface area contributed by atoms with E-state index in [9.17, 15) is 0 Å². The second-order valence-corrected chi connectivity index (χ2v) is 5.20. The molecule has 0 bridgehead atoms. The van der Waals surface area contributed by atoms with Gasteiger partial charge in [-0.25, -0.2) is 4.98 Å². The van der Waals surface area contributed by atoms with E-state index in [2.05, 4.69) is 23.5 Å². The quantitative estimate of drug-likeness (QED) is 0.907. The molecule has 1 aromatic carbocycles. The second kappa shape index (κ2) is 6.20. The van der Waals surface area contributed by atoms with Gasteiger partial charge in [0.1, 0.15) is 11.3 Å². The van der Waals surface area contributed by atoms with Crippen molar-refractivity contribution in [3.63, 3.8) is 0 Å². The zero-order chi connectivity index (χ0) is 13.8. The number of nitrogens with zero attached hydrogens (tertiary/aromatic N) is 1. The van der Waals surface area contributed by atoms with Gasteiger partial charge in [0.05, 0.1) is 19.4 Å². The Morgan fingerprint density at radius 2 is 2.30 bits per heavy atom. The summed E-state index contributed by atoms with van der Waals surface area (Å²) in [7, 11) is 1.68. The maximum absolute atomic E-state index is 5.38. The van der Waals surface area contributed by atoms with E-state index in [4.69, 9.17) is 14.5 Å². The summed E-state index contributed by atoms with van der Waals surface area (Å²) in [6, 6.07) is 10.2. The third-order valence-electron chi connectivity index (χ3n) is 3.72. The smallest absolute Gasteiger partial charge is 0.145 e. The Kier molecular flexibility index (Phi) is 4.14. The summed E-state index contributed by atoms with van der Waals surface area (Å²) in [6.45, 7) is 3.56. The van der Waals surface area contributed by atoms with Gasteiger partial charge in [-0.1, -0.05) is 18.2 Å². The highest BCUT2D eigenvalue weighted by Crippen LogP contribution is 2.23. The number of para-hydroxylation sites is 1. The molecular formula is C16H20N2O2. The topological polar surface area (TPSA) is 43.4 Å². The molecule has 0 radical (unpaired) electrons. The SMILES string of the molecule is COc1cccc2ccc(CNCC3CCOC3)nc12. The largest absolute Gasteiger partial charge is 0.494 e. The van der Waals surface area contributed by atoms with Crippen LogP contribution in [0, 0.1) is 5.92 Å². The van der Waals surface area contributed by atoms with Gasteiger partial charge in [0.15, 0.2) is 0 Å². The van der Waals surface area contributed by atoms with Crippen LogP contribution in [0.4, 0.5) is 0 Å². The van der Waals surface area contributed by atoms with Gasteiger partial charge >= 0.3 is 0 Å². The van der Waals surface area contributed by atoms with E-state index in [0.29, 0.717) is 5.92 Å². The predicted molar refractivity (Wildman–Crippen MR) is 78.9 cm³/mol. The summed E-state index contributed by atoms with van der Waals surface area (Å²) in [6.07, 6.45) is 1.16. The minimum atomic E-state index is 0.644. The highest BCUT2D eigenvalue weighted by Gasteiger charge is 2.14. The molecular weight excluding hydrogens is 252 g/mol. The Morgan fingerprint density at radius 1 is 1.35 bits per heavy atom. The van der Waals surface area contributed by atoms with E-state index >= 15 is 0 Å². The highest BCUT2D eigenvalue weighted by atomic mass is 16.5. The number of fused-ring (bicyclic) bond motifs is 1. The van der Waals surface area contributed by atoms with Crippen molar-refractivity contribution in [1.82, 2.24) is 10.3 Å². The molecule has 1 aliphatic rings. The highest BCUT2D eigenvalue weighted by molar-refractivity contribution is 5.84. The second-order valence-electron chi connectivity index (χ2n) is 5.20. The number of ether oxygens (including phenoxy) is 2. The van der Waals surface area contributed by atoms with Crippen LogP contribution in [-0.4, -0.2) is 31.9 Å². The van der Waals surface area contributed by atoms with Gasteiger partial charge in [-0.05, 0) is 24.5 Å². The fourth-order valence-electron chi connectivity index (χ4n) is 2.57. The van der Waals surface area contributed by atoms with Crippen LogP contribution in [-0.2, 0) is 11.3 Å². The van der Waals surface area contributed by atoms with Crippen LogP contribution in [0.2, 0.25) is 0 Å². The Bertz CT molecular complexity index is 580. The number of methoxy groups -OCH3 is 1. The number of benzene rings is 1. The average Bonchev–Trinajstić information content (AvgIpc) is 3.00. The van der Waals surface area contributed by atoms with Gasteiger partial charge in [0.2, 0.25) is 0 Å². The first-order valence-electron chi connectivity index (χ1n) is 7.08. The summed E-state index contributed by atoms with van der Waals surface area (Å²) in [4.78, 5) is 4.69. The summed E-state index contributed by atoms with van der Waals surface area (Å²) in [5, 5.41) is 4.57. The zero-order valence-corrected chi connectivity index (χ0v) is 11.8. The van der Waals surface area contributed by atoms with Crippen LogP contribution in [0.15, 0.2) is 30.3 Å². The van der Waals surface area contributed by atoms with Crippen molar-refractivity contribution in [3.8, 4) is 5.75 Å². The van der Waals surface area contributed by atoms with Crippen LogP contribution in [0.3, 0.4) is 0 Å². The molecule has 2 aromatic rings. The molecule has 1 saturated heterocycles. The van der Waals surface area contributed by atoms with Crippen molar-refractivity contribution >= 4 is 10.9 Å². The van der Waals surface area contributed by atoms with Gasteiger partial charge in [0.25, 0.3) is 0 Å². The van der Waals surface area contributed by atoms with Crippen LogP contribution >= 0.6 is 0 Å². The Hall–Kier alpha value is -1.65. The number of nitrogens with one attached hydrogen (secondary N) is 1. The Balaban J connectivity index is 1.68. The molecule has 1 aromatic heterocycles. The van der Waals surface area contributed by atoms with Gasteiger partial charge in [0, 0.05) is 25.1 Å². The number of pyridine rings is 1. The number of hydrogen-bond donors (Lipinski definition) is 1. The van der Waals surface area contributed by atoms with E-state index in [0.717, 1.165) is 55.1 Å². The predicted octanol–water partition coefficient (Wildman–Crippen LogP) is 2.37. The van der Waals surface area contributed by atoms with Crippen LogP contribution in [0.1, 0.15) is 12.1 Å². The molecule has 1 fully saturated rings. The summed E-state index contributed by atoms with van der Waals surface area (Å²) in [5.74, 6) is 1.47. The van der Waals surface area contributed by atoms with Gasteiger partial charge in [-0.2, -0.15) is 0 Å². The first-order chi connectivity index (χ1) is 9.86. The molecule has 106 valence electrons. The first-order valence-corrected chi connectivity index (χ1v) is 7.08. The first kappa shape index (κ1) is 13.3. The third kappa shape index (κ3) is 2.92. The summed E-state index contributed by atoms with van der Waals surface area (Å²) < 4.78 is 10.7. The molecule has 0 aliphatic carbocycles. The lowest BCUT2D eigenvalue weighted by Gasteiger charge is -2.10. The fourth-order valence-corrected chi connectivity index (χ4v) is 2.57. The molecule has 20 heavy (non-hydrogen) atoms.